The van der Waals surface area contributed by atoms with Gasteiger partial charge in [-0.2, -0.15) is 5.10 Å². The summed E-state index contributed by atoms with van der Waals surface area (Å²) in [7, 11) is 0. The van der Waals surface area contributed by atoms with E-state index in [1.54, 1.807) is 6.20 Å². The molecule has 1 aromatic rings. The summed E-state index contributed by atoms with van der Waals surface area (Å²) in [5.41, 5.74) is 0. The second-order valence-corrected chi connectivity index (χ2v) is 4.08. The summed E-state index contributed by atoms with van der Waals surface area (Å²) in [5, 5.41) is 10.3. The summed E-state index contributed by atoms with van der Waals surface area (Å²) in [5.74, 6) is 1.92. The lowest BCUT2D eigenvalue weighted by atomic mass is 9.87. The number of aromatic nitrogens is 2. The zero-order valence-corrected chi connectivity index (χ0v) is 8.09. The van der Waals surface area contributed by atoms with Crippen molar-refractivity contribution in [2.75, 3.05) is 5.32 Å². The van der Waals surface area contributed by atoms with E-state index in [9.17, 15) is 0 Å². The molecule has 1 aromatic heterocycles. The van der Waals surface area contributed by atoms with E-state index in [-0.39, 0.29) is 0 Å². The number of nitrogens with zero attached hydrogens (tertiary/aromatic N) is 1. The molecular formula is C10H17N3. The first-order valence-corrected chi connectivity index (χ1v) is 5.10. The molecule has 3 nitrogen and oxygen atoms in total. The highest BCUT2D eigenvalue weighted by atomic mass is 15.2. The standard InChI is InChI=1S/C10H17N3/c1-8-3-2-4-9(7-8)12-10-5-6-11-13-10/h5-6,8-9H,2-4,7H2,1H3,(H2,11,12,13). The minimum absolute atomic E-state index is 0.643. The molecule has 0 bridgehead atoms. The van der Waals surface area contributed by atoms with Gasteiger partial charge in [0.05, 0.1) is 6.20 Å². The average Bonchev–Trinajstić information content (AvgIpc) is 2.57. The van der Waals surface area contributed by atoms with Crippen LogP contribution in [-0.4, -0.2) is 16.2 Å². The molecule has 0 aromatic carbocycles. The van der Waals surface area contributed by atoms with Crippen LogP contribution in [-0.2, 0) is 0 Å². The smallest absolute Gasteiger partial charge is 0.121 e. The van der Waals surface area contributed by atoms with E-state index in [1.165, 1.54) is 25.7 Å². The van der Waals surface area contributed by atoms with Crippen LogP contribution in [0.4, 0.5) is 5.82 Å². The second kappa shape index (κ2) is 3.81. The van der Waals surface area contributed by atoms with Crippen LogP contribution in [0, 0.1) is 5.92 Å². The third-order valence-electron chi connectivity index (χ3n) is 2.80. The van der Waals surface area contributed by atoms with Gasteiger partial charge in [-0.05, 0) is 24.8 Å². The first kappa shape index (κ1) is 8.60. The van der Waals surface area contributed by atoms with Gasteiger partial charge in [-0.3, -0.25) is 5.10 Å². The van der Waals surface area contributed by atoms with Crippen molar-refractivity contribution >= 4 is 5.82 Å². The molecule has 72 valence electrons. The molecule has 3 heteroatoms. The molecule has 13 heavy (non-hydrogen) atoms. The van der Waals surface area contributed by atoms with Crippen molar-refractivity contribution in [2.24, 2.45) is 5.92 Å². The predicted octanol–water partition coefficient (Wildman–Crippen LogP) is 2.40. The summed E-state index contributed by atoms with van der Waals surface area (Å²) in [6, 6.07) is 2.63. The van der Waals surface area contributed by atoms with E-state index in [2.05, 4.69) is 22.4 Å². The van der Waals surface area contributed by atoms with Crippen LogP contribution >= 0.6 is 0 Å². The summed E-state index contributed by atoms with van der Waals surface area (Å²) >= 11 is 0. The van der Waals surface area contributed by atoms with Gasteiger partial charge in [0, 0.05) is 6.04 Å². The van der Waals surface area contributed by atoms with Gasteiger partial charge in [-0.25, -0.2) is 0 Å². The van der Waals surface area contributed by atoms with Gasteiger partial charge < -0.3 is 5.32 Å². The molecule has 0 amide bonds. The Hall–Kier alpha value is -0.990. The van der Waals surface area contributed by atoms with Crippen molar-refractivity contribution in [1.82, 2.24) is 10.2 Å². The van der Waals surface area contributed by atoms with Crippen LogP contribution < -0.4 is 5.32 Å². The van der Waals surface area contributed by atoms with Crippen molar-refractivity contribution in [3.63, 3.8) is 0 Å². The van der Waals surface area contributed by atoms with Crippen molar-refractivity contribution in [3.8, 4) is 0 Å². The van der Waals surface area contributed by atoms with Crippen molar-refractivity contribution < 1.29 is 0 Å². The minimum atomic E-state index is 0.643. The molecule has 1 fully saturated rings. The van der Waals surface area contributed by atoms with Gasteiger partial charge >= 0.3 is 0 Å². The van der Waals surface area contributed by atoms with E-state index < -0.39 is 0 Å². The van der Waals surface area contributed by atoms with E-state index in [0.717, 1.165) is 11.7 Å². The fourth-order valence-electron chi connectivity index (χ4n) is 2.12. The van der Waals surface area contributed by atoms with Gasteiger partial charge in [0.25, 0.3) is 0 Å². The maximum atomic E-state index is 3.92. The molecule has 0 saturated heterocycles. The largest absolute Gasteiger partial charge is 0.368 e. The van der Waals surface area contributed by atoms with E-state index in [4.69, 9.17) is 0 Å². The second-order valence-electron chi connectivity index (χ2n) is 4.08. The molecule has 2 N–H and O–H groups in total. The zero-order valence-electron chi connectivity index (χ0n) is 8.09. The fourth-order valence-corrected chi connectivity index (χ4v) is 2.12. The average molecular weight is 179 g/mol. The van der Waals surface area contributed by atoms with Gasteiger partial charge in [0.1, 0.15) is 5.82 Å². The van der Waals surface area contributed by atoms with Gasteiger partial charge in [-0.1, -0.05) is 19.8 Å². The molecule has 1 aliphatic carbocycles. The molecule has 2 rings (SSSR count). The molecule has 2 unspecified atom stereocenters. The van der Waals surface area contributed by atoms with Crippen molar-refractivity contribution in [2.45, 2.75) is 38.6 Å². The lowest BCUT2D eigenvalue weighted by Gasteiger charge is -2.27. The molecule has 0 spiro atoms. The number of hydrogen-bond donors (Lipinski definition) is 2. The topological polar surface area (TPSA) is 40.7 Å². The minimum Gasteiger partial charge on any atom is -0.368 e. The summed E-state index contributed by atoms with van der Waals surface area (Å²) in [6.07, 6.45) is 7.12. The third kappa shape index (κ3) is 2.23. The Labute approximate surface area is 78.9 Å². The number of nitrogens with one attached hydrogen (secondary N) is 2. The lowest BCUT2D eigenvalue weighted by molar-refractivity contribution is 0.358. The SMILES string of the molecule is CC1CCCC(Nc2ccn[nH]2)C1. The fraction of sp³-hybridized carbons (Fsp3) is 0.700. The Kier molecular flexibility index (Phi) is 2.52. The van der Waals surface area contributed by atoms with Crippen LogP contribution in [0.1, 0.15) is 32.6 Å². The number of rotatable bonds is 2. The number of hydrogen-bond acceptors (Lipinski definition) is 2. The maximum absolute atomic E-state index is 3.92. The van der Waals surface area contributed by atoms with Crippen molar-refractivity contribution in [3.05, 3.63) is 12.3 Å². The molecule has 1 heterocycles. The van der Waals surface area contributed by atoms with Crippen LogP contribution in [0.25, 0.3) is 0 Å². The Balaban J connectivity index is 1.87. The quantitative estimate of drug-likeness (QED) is 0.732. The first-order valence-electron chi connectivity index (χ1n) is 5.10. The Morgan fingerprint density at radius 3 is 3.15 bits per heavy atom. The van der Waals surface area contributed by atoms with E-state index in [0.29, 0.717) is 6.04 Å². The van der Waals surface area contributed by atoms with Crippen LogP contribution in [0.2, 0.25) is 0 Å². The Bertz CT molecular complexity index is 243. The van der Waals surface area contributed by atoms with E-state index in [1.807, 2.05) is 6.07 Å². The summed E-state index contributed by atoms with van der Waals surface area (Å²) in [6.45, 7) is 2.33. The Morgan fingerprint density at radius 1 is 1.54 bits per heavy atom. The van der Waals surface area contributed by atoms with Gasteiger partial charge in [0.2, 0.25) is 0 Å². The highest BCUT2D eigenvalue weighted by Gasteiger charge is 2.18. The zero-order chi connectivity index (χ0) is 9.10. The van der Waals surface area contributed by atoms with E-state index >= 15 is 0 Å². The molecule has 0 radical (unpaired) electrons. The lowest BCUT2D eigenvalue weighted by Crippen LogP contribution is -2.26. The molecule has 1 aliphatic rings. The normalized spacial score (nSPS) is 28.7. The number of H-pyrrole nitrogens is 1. The maximum Gasteiger partial charge on any atom is 0.121 e. The first-order chi connectivity index (χ1) is 6.34. The van der Waals surface area contributed by atoms with Gasteiger partial charge in [0.15, 0.2) is 0 Å². The monoisotopic (exact) mass is 179 g/mol. The van der Waals surface area contributed by atoms with Crippen LogP contribution in [0.3, 0.4) is 0 Å². The third-order valence-corrected chi connectivity index (χ3v) is 2.80. The molecular weight excluding hydrogens is 162 g/mol. The number of anilines is 1. The summed E-state index contributed by atoms with van der Waals surface area (Å²) in [4.78, 5) is 0. The van der Waals surface area contributed by atoms with Crippen molar-refractivity contribution in [1.29, 1.82) is 0 Å². The summed E-state index contributed by atoms with van der Waals surface area (Å²) < 4.78 is 0. The van der Waals surface area contributed by atoms with Gasteiger partial charge in [-0.15, -0.1) is 0 Å². The molecule has 1 saturated carbocycles. The highest BCUT2D eigenvalue weighted by molar-refractivity contribution is 5.33. The molecule has 2 atom stereocenters. The number of aromatic amines is 1. The molecule has 0 aliphatic heterocycles. The van der Waals surface area contributed by atoms with Crippen LogP contribution in [0.15, 0.2) is 12.3 Å². The van der Waals surface area contributed by atoms with Crippen LogP contribution in [0.5, 0.6) is 0 Å². The predicted molar refractivity (Wildman–Crippen MR) is 53.6 cm³/mol. The Morgan fingerprint density at radius 2 is 2.46 bits per heavy atom. The highest BCUT2D eigenvalue weighted by Crippen LogP contribution is 2.25.